The number of nitrogens with two attached hydrogens (primary N) is 1. The molecule has 1 unspecified atom stereocenters. The summed E-state index contributed by atoms with van der Waals surface area (Å²) in [7, 11) is 4.34. The van der Waals surface area contributed by atoms with Gasteiger partial charge in [-0.15, -0.1) is 0 Å². The van der Waals surface area contributed by atoms with Gasteiger partial charge in [0, 0.05) is 38.4 Å². The highest BCUT2D eigenvalue weighted by Gasteiger charge is 2.21. The molecule has 5 heteroatoms. The van der Waals surface area contributed by atoms with Crippen LogP contribution in [0.1, 0.15) is 0 Å². The molecule has 2 rings (SSSR count). The van der Waals surface area contributed by atoms with Crippen LogP contribution in [0, 0.1) is 0 Å². The summed E-state index contributed by atoms with van der Waals surface area (Å²) in [5, 5.41) is 3.38. The zero-order valence-electron chi connectivity index (χ0n) is 10.6. The number of nitrogen functional groups attached to an aromatic ring is 1. The average molecular weight is 235 g/mol. The number of piperazine rings is 1. The Morgan fingerprint density at radius 3 is 3.06 bits per heavy atom. The molecule has 1 aliphatic rings. The number of nitrogens with one attached hydrogen (secondary N) is 1. The fourth-order valence-electron chi connectivity index (χ4n) is 2.12. The molecule has 0 aromatic carbocycles. The van der Waals surface area contributed by atoms with E-state index in [9.17, 15) is 0 Å². The summed E-state index contributed by atoms with van der Waals surface area (Å²) >= 11 is 0. The van der Waals surface area contributed by atoms with Crippen LogP contribution in [0.15, 0.2) is 18.3 Å². The fourth-order valence-corrected chi connectivity index (χ4v) is 2.12. The molecule has 17 heavy (non-hydrogen) atoms. The third kappa shape index (κ3) is 3.08. The highest BCUT2D eigenvalue weighted by atomic mass is 15.3. The van der Waals surface area contributed by atoms with Crippen LogP contribution in [0.2, 0.25) is 0 Å². The smallest absolute Gasteiger partial charge is 0.146 e. The number of rotatable bonds is 3. The minimum Gasteiger partial charge on any atom is -0.382 e. The van der Waals surface area contributed by atoms with Crippen molar-refractivity contribution in [2.75, 3.05) is 51.3 Å². The van der Waals surface area contributed by atoms with Gasteiger partial charge < -0.3 is 16.0 Å². The van der Waals surface area contributed by atoms with Crippen LogP contribution >= 0.6 is 0 Å². The van der Waals surface area contributed by atoms with E-state index in [0.717, 1.165) is 31.9 Å². The third-order valence-electron chi connectivity index (χ3n) is 3.35. The minimum atomic E-state index is 0.522. The fraction of sp³-hybridized carbons (Fsp3) is 0.583. The lowest BCUT2D eigenvalue weighted by atomic mass is 10.2. The van der Waals surface area contributed by atoms with Crippen molar-refractivity contribution in [2.45, 2.75) is 6.04 Å². The van der Waals surface area contributed by atoms with Gasteiger partial charge in [0.15, 0.2) is 0 Å². The van der Waals surface area contributed by atoms with Crippen LogP contribution < -0.4 is 11.1 Å². The number of anilines is 2. The van der Waals surface area contributed by atoms with Crippen LogP contribution in [0.25, 0.3) is 0 Å². The number of hydrogen-bond acceptors (Lipinski definition) is 5. The van der Waals surface area contributed by atoms with Gasteiger partial charge in [0.1, 0.15) is 5.82 Å². The summed E-state index contributed by atoms with van der Waals surface area (Å²) in [6, 6.07) is 4.39. The molecule has 0 amide bonds. The van der Waals surface area contributed by atoms with Gasteiger partial charge in [0.25, 0.3) is 0 Å². The Bertz CT molecular complexity index is 368. The molecule has 3 N–H and O–H groups in total. The Hall–Kier alpha value is -1.33. The second-order valence-electron chi connectivity index (χ2n) is 4.71. The zero-order chi connectivity index (χ0) is 12.3. The Morgan fingerprint density at radius 2 is 2.29 bits per heavy atom. The molecule has 1 atom stereocenters. The quantitative estimate of drug-likeness (QED) is 0.790. The molecule has 1 saturated heterocycles. The van der Waals surface area contributed by atoms with E-state index in [0.29, 0.717) is 11.9 Å². The molecule has 1 aliphatic heterocycles. The SMILES string of the molecule is CN1CCN(C)C(CNc2cccnc2N)C1. The van der Waals surface area contributed by atoms with Crippen molar-refractivity contribution in [2.24, 2.45) is 0 Å². The second-order valence-corrected chi connectivity index (χ2v) is 4.71. The molecule has 1 aromatic heterocycles. The molecule has 0 saturated carbocycles. The van der Waals surface area contributed by atoms with Crippen molar-refractivity contribution in [3.63, 3.8) is 0 Å². The van der Waals surface area contributed by atoms with Gasteiger partial charge in [-0.2, -0.15) is 0 Å². The maximum atomic E-state index is 5.80. The van der Waals surface area contributed by atoms with Crippen molar-refractivity contribution >= 4 is 11.5 Å². The Kier molecular flexibility index (Phi) is 3.81. The molecule has 2 heterocycles. The first-order valence-electron chi connectivity index (χ1n) is 6.00. The molecular formula is C12H21N5. The maximum Gasteiger partial charge on any atom is 0.146 e. The molecule has 0 spiro atoms. The minimum absolute atomic E-state index is 0.522. The standard InChI is InChI=1S/C12H21N5/c1-16-6-7-17(2)10(9-16)8-15-11-4-3-5-14-12(11)13/h3-5,10,15H,6-9H2,1-2H3,(H2,13,14). The van der Waals surface area contributed by atoms with Gasteiger partial charge in [-0.05, 0) is 26.2 Å². The van der Waals surface area contributed by atoms with E-state index in [1.165, 1.54) is 0 Å². The average Bonchev–Trinajstić information content (AvgIpc) is 2.32. The molecule has 1 fully saturated rings. The number of hydrogen-bond donors (Lipinski definition) is 2. The summed E-state index contributed by atoms with van der Waals surface area (Å²) in [6.07, 6.45) is 1.71. The van der Waals surface area contributed by atoms with Crippen LogP contribution in [0.4, 0.5) is 11.5 Å². The van der Waals surface area contributed by atoms with Crippen LogP contribution in [-0.2, 0) is 0 Å². The van der Waals surface area contributed by atoms with E-state index in [2.05, 4.69) is 34.2 Å². The monoisotopic (exact) mass is 235 g/mol. The Labute approximate surface area is 103 Å². The molecular weight excluding hydrogens is 214 g/mol. The molecule has 5 nitrogen and oxygen atoms in total. The molecule has 0 radical (unpaired) electrons. The lowest BCUT2D eigenvalue weighted by Crippen LogP contribution is -2.52. The lowest BCUT2D eigenvalue weighted by molar-refractivity contribution is 0.122. The first-order valence-corrected chi connectivity index (χ1v) is 6.00. The van der Waals surface area contributed by atoms with E-state index in [1.54, 1.807) is 6.20 Å². The molecule has 94 valence electrons. The lowest BCUT2D eigenvalue weighted by Gasteiger charge is -2.37. The summed E-state index contributed by atoms with van der Waals surface area (Å²) in [4.78, 5) is 8.82. The van der Waals surface area contributed by atoms with Gasteiger partial charge in [-0.3, -0.25) is 4.90 Å². The third-order valence-corrected chi connectivity index (χ3v) is 3.35. The Balaban J connectivity index is 1.91. The summed E-state index contributed by atoms with van der Waals surface area (Å²) in [5.74, 6) is 0.569. The zero-order valence-corrected chi connectivity index (χ0v) is 10.6. The molecule has 0 aliphatic carbocycles. The van der Waals surface area contributed by atoms with Gasteiger partial charge in [-0.1, -0.05) is 0 Å². The number of pyridine rings is 1. The van der Waals surface area contributed by atoms with E-state index < -0.39 is 0 Å². The first kappa shape index (κ1) is 12.1. The van der Waals surface area contributed by atoms with Gasteiger partial charge in [0.2, 0.25) is 0 Å². The normalized spacial score (nSPS) is 22.6. The highest BCUT2D eigenvalue weighted by molar-refractivity contribution is 5.60. The summed E-state index contributed by atoms with van der Waals surface area (Å²) in [6.45, 7) is 4.24. The van der Waals surface area contributed by atoms with Crippen molar-refractivity contribution < 1.29 is 0 Å². The second kappa shape index (κ2) is 5.33. The highest BCUT2D eigenvalue weighted by Crippen LogP contribution is 2.14. The van der Waals surface area contributed by atoms with E-state index >= 15 is 0 Å². The van der Waals surface area contributed by atoms with Crippen molar-refractivity contribution in [1.82, 2.24) is 14.8 Å². The van der Waals surface area contributed by atoms with Crippen LogP contribution in [-0.4, -0.2) is 61.1 Å². The number of likely N-dealkylation sites (N-methyl/N-ethyl adjacent to an activating group) is 2. The van der Waals surface area contributed by atoms with E-state index in [4.69, 9.17) is 5.73 Å². The largest absolute Gasteiger partial charge is 0.382 e. The number of nitrogens with zero attached hydrogens (tertiary/aromatic N) is 3. The molecule has 1 aromatic rings. The van der Waals surface area contributed by atoms with Gasteiger partial charge in [0.05, 0.1) is 5.69 Å². The van der Waals surface area contributed by atoms with E-state index in [-0.39, 0.29) is 0 Å². The van der Waals surface area contributed by atoms with E-state index in [1.807, 2.05) is 12.1 Å². The first-order chi connectivity index (χ1) is 8.16. The number of aromatic nitrogens is 1. The van der Waals surface area contributed by atoms with Gasteiger partial charge >= 0.3 is 0 Å². The van der Waals surface area contributed by atoms with Crippen molar-refractivity contribution in [3.05, 3.63) is 18.3 Å². The van der Waals surface area contributed by atoms with Crippen LogP contribution in [0.5, 0.6) is 0 Å². The van der Waals surface area contributed by atoms with Crippen LogP contribution in [0.3, 0.4) is 0 Å². The van der Waals surface area contributed by atoms with Crippen molar-refractivity contribution in [3.8, 4) is 0 Å². The molecule has 0 bridgehead atoms. The predicted molar refractivity (Wildman–Crippen MR) is 71.1 cm³/mol. The maximum absolute atomic E-state index is 5.80. The predicted octanol–water partition coefficient (Wildman–Crippen LogP) is 0.322. The Morgan fingerprint density at radius 1 is 1.47 bits per heavy atom. The van der Waals surface area contributed by atoms with Gasteiger partial charge in [-0.25, -0.2) is 4.98 Å². The summed E-state index contributed by atoms with van der Waals surface area (Å²) < 4.78 is 0. The van der Waals surface area contributed by atoms with Crippen molar-refractivity contribution in [1.29, 1.82) is 0 Å². The summed E-state index contributed by atoms with van der Waals surface area (Å²) in [5.41, 5.74) is 6.73. The topological polar surface area (TPSA) is 57.4 Å².